The molecular weight excluding hydrogens is 296 g/mol. The fraction of sp³-hybridized carbons (Fsp3) is 0.438. The predicted octanol–water partition coefficient (Wildman–Crippen LogP) is 1.09. The third-order valence-corrected chi connectivity index (χ3v) is 4.19. The molecule has 3 rings (SSSR count). The third-order valence-electron chi connectivity index (χ3n) is 4.19. The second kappa shape index (κ2) is 6.28. The maximum atomic E-state index is 11.2. The molecule has 0 spiro atoms. The van der Waals surface area contributed by atoms with Crippen LogP contribution in [0.5, 0.6) is 5.75 Å². The molecule has 0 aliphatic carbocycles. The molecule has 2 heterocycles. The second-order valence-corrected chi connectivity index (χ2v) is 5.70. The summed E-state index contributed by atoms with van der Waals surface area (Å²) in [6.45, 7) is 1.84. The van der Waals surface area contributed by atoms with Gasteiger partial charge in [0, 0.05) is 30.6 Å². The molecule has 1 unspecified atom stereocenters. The van der Waals surface area contributed by atoms with E-state index in [1.54, 1.807) is 7.11 Å². The maximum Gasteiger partial charge on any atom is 0.261 e. The van der Waals surface area contributed by atoms with Gasteiger partial charge in [-0.1, -0.05) is 11.2 Å². The number of primary amides is 1. The van der Waals surface area contributed by atoms with Crippen LogP contribution in [0.15, 0.2) is 23.4 Å². The molecule has 0 radical (unpaired) electrons. The van der Waals surface area contributed by atoms with Gasteiger partial charge in [-0.05, 0) is 25.0 Å². The molecule has 0 saturated carbocycles. The quantitative estimate of drug-likeness (QED) is 0.641. The first-order valence-corrected chi connectivity index (χ1v) is 7.64. The minimum absolute atomic E-state index is 0.328. The lowest BCUT2D eigenvalue weighted by molar-refractivity contribution is -0.127. The number of hydrogen-bond donors (Lipinski definition) is 2. The fourth-order valence-electron chi connectivity index (χ4n) is 2.89. The number of nitrogens with one attached hydrogen (secondary N) is 1. The molecule has 1 atom stereocenters. The topological polar surface area (TPSA) is 101 Å². The summed E-state index contributed by atoms with van der Waals surface area (Å²) in [5, 5.41) is 12.3. The van der Waals surface area contributed by atoms with Gasteiger partial charge in [0.15, 0.2) is 0 Å². The van der Waals surface area contributed by atoms with E-state index in [-0.39, 0.29) is 0 Å². The van der Waals surface area contributed by atoms with Crippen LogP contribution in [0.1, 0.15) is 30.4 Å². The molecule has 23 heavy (non-hydrogen) atoms. The summed E-state index contributed by atoms with van der Waals surface area (Å²) in [6.07, 6.45) is 1.85. The molecule has 0 bridgehead atoms. The molecule has 1 saturated heterocycles. The first kappa shape index (κ1) is 15.3. The van der Waals surface area contributed by atoms with Crippen molar-refractivity contribution in [1.29, 1.82) is 5.41 Å². The molecule has 1 amide bonds. The summed E-state index contributed by atoms with van der Waals surface area (Å²) in [5.41, 5.74) is 7.43. The van der Waals surface area contributed by atoms with Gasteiger partial charge in [-0.15, -0.1) is 0 Å². The van der Waals surface area contributed by atoms with E-state index in [0.29, 0.717) is 23.7 Å². The van der Waals surface area contributed by atoms with Gasteiger partial charge >= 0.3 is 0 Å². The van der Waals surface area contributed by atoms with Gasteiger partial charge in [0.25, 0.3) is 5.91 Å². The molecule has 122 valence electrons. The highest BCUT2D eigenvalue weighted by molar-refractivity contribution is 6.07. The normalized spacial score (nSPS) is 20.1. The Bertz CT molecular complexity index is 665. The Morgan fingerprint density at radius 1 is 1.43 bits per heavy atom. The Balaban J connectivity index is 1.83. The monoisotopic (exact) mass is 316 g/mol. The lowest BCUT2D eigenvalue weighted by Gasteiger charge is -2.19. The molecule has 7 heteroatoms. The number of likely N-dealkylation sites (tertiary alicyclic amines) is 1. The van der Waals surface area contributed by atoms with E-state index in [1.807, 2.05) is 18.2 Å². The van der Waals surface area contributed by atoms with Gasteiger partial charge in [0.1, 0.15) is 11.6 Å². The van der Waals surface area contributed by atoms with Crippen LogP contribution in [0.25, 0.3) is 0 Å². The number of nitrogens with zero attached hydrogens (tertiary/aromatic N) is 2. The maximum absolute atomic E-state index is 11.2. The molecule has 0 aromatic heterocycles. The van der Waals surface area contributed by atoms with Crippen molar-refractivity contribution in [2.45, 2.75) is 25.4 Å². The first-order chi connectivity index (χ1) is 11.1. The molecule has 1 fully saturated rings. The number of ether oxygens (including phenoxy) is 1. The molecule has 2 aliphatic heterocycles. The van der Waals surface area contributed by atoms with Crippen molar-refractivity contribution in [3.63, 3.8) is 0 Å². The molecule has 3 N–H and O–H groups in total. The molecule has 7 nitrogen and oxygen atoms in total. The summed E-state index contributed by atoms with van der Waals surface area (Å²) in [6, 6.07) is 5.55. The Labute approximate surface area is 134 Å². The van der Waals surface area contributed by atoms with Gasteiger partial charge in [-0.2, -0.15) is 0 Å². The van der Waals surface area contributed by atoms with Crippen molar-refractivity contribution in [2.24, 2.45) is 10.9 Å². The number of oxime groups is 1. The molecule has 1 aromatic carbocycles. The summed E-state index contributed by atoms with van der Waals surface area (Å²) in [7, 11) is 1.57. The number of hydrogen-bond acceptors (Lipinski definition) is 5. The number of carbonyl (C=O) groups is 1. The van der Waals surface area contributed by atoms with Crippen molar-refractivity contribution in [2.75, 3.05) is 20.2 Å². The summed E-state index contributed by atoms with van der Waals surface area (Å²) in [4.78, 5) is 18.3. The van der Waals surface area contributed by atoms with Crippen molar-refractivity contribution >= 4 is 17.5 Å². The Morgan fingerprint density at radius 2 is 2.17 bits per heavy atom. The fourth-order valence-corrected chi connectivity index (χ4v) is 2.89. The van der Waals surface area contributed by atoms with Crippen LogP contribution in [0, 0.1) is 5.41 Å². The van der Waals surface area contributed by atoms with Crippen molar-refractivity contribution in [1.82, 2.24) is 4.90 Å². The number of carbonyl (C=O) groups excluding carboxylic acids is 1. The average molecular weight is 316 g/mol. The number of amides is 1. The Kier molecular flexibility index (Phi) is 4.18. The van der Waals surface area contributed by atoms with Crippen LogP contribution in [0.2, 0.25) is 0 Å². The highest BCUT2D eigenvalue weighted by Gasteiger charge is 2.28. The minimum atomic E-state index is -0.725. The van der Waals surface area contributed by atoms with Crippen molar-refractivity contribution in [3.05, 3.63) is 29.3 Å². The van der Waals surface area contributed by atoms with E-state index in [0.717, 1.165) is 37.1 Å². The average Bonchev–Trinajstić information content (AvgIpc) is 3.25. The Hall–Kier alpha value is -2.57. The van der Waals surface area contributed by atoms with Crippen LogP contribution >= 0.6 is 0 Å². The number of rotatable bonds is 4. The van der Waals surface area contributed by atoms with E-state index in [1.165, 1.54) is 0 Å². The van der Waals surface area contributed by atoms with Crippen LogP contribution < -0.4 is 10.5 Å². The predicted molar refractivity (Wildman–Crippen MR) is 85.9 cm³/mol. The van der Waals surface area contributed by atoms with E-state index >= 15 is 0 Å². The zero-order valence-corrected chi connectivity index (χ0v) is 13.0. The zero-order chi connectivity index (χ0) is 16.4. The van der Waals surface area contributed by atoms with Gasteiger partial charge in [0.05, 0.1) is 12.8 Å². The van der Waals surface area contributed by atoms with Crippen molar-refractivity contribution < 1.29 is 14.4 Å². The van der Waals surface area contributed by atoms with Crippen molar-refractivity contribution in [3.8, 4) is 5.75 Å². The van der Waals surface area contributed by atoms with Gasteiger partial charge in [-0.3, -0.25) is 10.2 Å². The van der Waals surface area contributed by atoms with E-state index in [2.05, 4.69) is 10.1 Å². The van der Waals surface area contributed by atoms with Gasteiger partial charge < -0.3 is 20.2 Å². The number of amidine groups is 1. The summed E-state index contributed by atoms with van der Waals surface area (Å²) < 4.78 is 5.44. The standard InChI is InChI=1S/C16H20N4O3/c1-22-13-8-10(15(17)20-6-2-3-7-20)4-5-11(13)12-9-14(16(18)21)23-19-12/h4-5,8,14,17H,2-3,6-7,9H2,1H3,(H2,18,21). The van der Waals surface area contributed by atoms with E-state index in [9.17, 15) is 4.79 Å². The van der Waals surface area contributed by atoms with Crippen LogP contribution in [-0.2, 0) is 9.63 Å². The smallest absolute Gasteiger partial charge is 0.261 e. The SMILES string of the molecule is COc1cc(C(=N)N2CCCC2)ccc1C1=NOC(C(N)=O)C1. The van der Waals surface area contributed by atoms with Gasteiger partial charge in [-0.25, -0.2) is 0 Å². The van der Waals surface area contributed by atoms with Crippen LogP contribution in [0.3, 0.4) is 0 Å². The molecule has 2 aliphatic rings. The zero-order valence-electron chi connectivity index (χ0n) is 13.0. The molecular formula is C16H20N4O3. The Morgan fingerprint density at radius 3 is 2.78 bits per heavy atom. The van der Waals surface area contributed by atoms with E-state index in [4.69, 9.17) is 20.7 Å². The summed E-state index contributed by atoms with van der Waals surface area (Å²) in [5.74, 6) is 0.584. The second-order valence-electron chi connectivity index (χ2n) is 5.70. The largest absolute Gasteiger partial charge is 0.496 e. The highest BCUT2D eigenvalue weighted by atomic mass is 16.6. The lowest BCUT2D eigenvalue weighted by Crippen LogP contribution is -2.28. The van der Waals surface area contributed by atoms with Crippen LogP contribution in [-0.4, -0.2) is 48.7 Å². The molecule has 1 aromatic rings. The highest BCUT2D eigenvalue weighted by Crippen LogP contribution is 2.27. The third kappa shape index (κ3) is 2.99. The van der Waals surface area contributed by atoms with E-state index < -0.39 is 12.0 Å². The first-order valence-electron chi connectivity index (χ1n) is 7.64. The summed E-state index contributed by atoms with van der Waals surface area (Å²) >= 11 is 0. The number of nitrogens with two attached hydrogens (primary N) is 1. The van der Waals surface area contributed by atoms with Crippen LogP contribution in [0.4, 0.5) is 0 Å². The minimum Gasteiger partial charge on any atom is -0.496 e. The number of benzene rings is 1. The number of methoxy groups -OCH3 is 1. The lowest BCUT2D eigenvalue weighted by atomic mass is 10.0. The van der Waals surface area contributed by atoms with Gasteiger partial charge in [0.2, 0.25) is 6.10 Å².